The van der Waals surface area contributed by atoms with Crippen molar-refractivity contribution in [2.45, 2.75) is 13.2 Å². The number of methoxy groups -OCH3 is 1. The fourth-order valence-corrected chi connectivity index (χ4v) is 3.02. The van der Waals surface area contributed by atoms with Crippen LogP contribution in [-0.4, -0.2) is 34.8 Å². The number of benzene rings is 2. The Morgan fingerprint density at radius 1 is 1.09 bits per heavy atom. The Morgan fingerprint density at radius 2 is 1.94 bits per heavy atom. The smallest absolute Gasteiger partial charge is 0.387 e. The van der Waals surface area contributed by atoms with Crippen molar-refractivity contribution in [3.8, 4) is 22.9 Å². The Kier molecular flexibility index (Phi) is 6.13. The van der Waals surface area contributed by atoms with Gasteiger partial charge in [-0.3, -0.25) is 0 Å². The maximum atomic E-state index is 12.5. The van der Waals surface area contributed by atoms with Crippen molar-refractivity contribution < 1.29 is 32.3 Å². The number of hydrogen-bond acceptors (Lipinski definition) is 8. The molecule has 0 bridgehead atoms. The summed E-state index contributed by atoms with van der Waals surface area (Å²) in [6, 6.07) is 12.4. The molecule has 2 aromatic carbocycles. The molecular weight excluding hydrogens is 448 g/mol. The molecule has 0 aliphatic heterocycles. The van der Waals surface area contributed by atoms with E-state index in [1.807, 2.05) is 0 Å². The molecular formula is C21H14ClF2N3O5. The first kappa shape index (κ1) is 21.4. The monoisotopic (exact) mass is 461 g/mol. The first-order chi connectivity index (χ1) is 15.4. The van der Waals surface area contributed by atoms with Crippen LogP contribution in [0.5, 0.6) is 11.5 Å². The van der Waals surface area contributed by atoms with Crippen LogP contribution in [0.2, 0.25) is 5.15 Å². The van der Waals surface area contributed by atoms with E-state index in [-0.39, 0.29) is 29.8 Å². The third kappa shape index (κ3) is 4.75. The number of carbonyl (C=O) groups excluding carboxylic acids is 1. The van der Waals surface area contributed by atoms with Gasteiger partial charge in [0, 0.05) is 10.9 Å². The van der Waals surface area contributed by atoms with E-state index in [0.29, 0.717) is 21.8 Å². The number of halogens is 3. The van der Waals surface area contributed by atoms with Crippen molar-refractivity contribution in [2.75, 3.05) is 7.11 Å². The second-order valence-corrected chi connectivity index (χ2v) is 6.76. The molecule has 0 saturated carbocycles. The number of hydrogen-bond donors (Lipinski definition) is 0. The topological polar surface area (TPSA) is 96.6 Å². The molecule has 0 saturated heterocycles. The van der Waals surface area contributed by atoms with Crippen LogP contribution in [0.25, 0.3) is 22.3 Å². The van der Waals surface area contributed by atoms with Crippen molar-refractivity contribution in [3.63, 3.8) is 0 Å². The molecule has 0 spiro atoms. The van der Waals surface area contributed by atoms with Crippen LogP contribution in [0, 0.1) is 0 Å². The largest absolute Gasteiger partial charge is 0.493 e. The summed E-state index contributed by atoms with van der Waals surface area (Å²) in [5, 5.41) is 4.90. The molecule has 8 nitrogen and oxygen atoms in total. The normalized spacial score (nSPS) is 11.0. The molecule has 0 radical (unpaired) electrons. The van der Waals surface area contributed by atoms with E-state index in [1.165, 1.54) is 25.3 Å². The van der Waals surface area contributed by atoms with Crippen LogP contribution in [-0.2, 0) is 11.3 Å². The molecule has 4 rings (SSSR count). The van der Waals surface area contributed by atoms with Gasteiger partial charge in [0.1, 0.15) is 5.15 Å². The molecule has 11 heteroatoms. The molecule has 0 fully saturated rings. The zero-order valence-corrected chi connectivity index (χ0v) is 17.2. The summed E-state index contributed by atoms with van der Waals surface area (Å²) in [7, 11) is 1.32. The van der Waals surface area contributed by atoms with E-state index in [4.69, 9.17) is 25.6 Å². The summed E-state index contributed by atoms with van der Waals surface area (Å²) < 4.78 is 44.7. The number of carbonyl (C=O) groups is 1. The maximum absolute atomic E-state index is 12.5. The van der Waals surface area contributed by atoms with Gasteiger partial charge in [-0.15, -0.1) is 0 Å². The van der Waals surface area contributed by atoms with Crippen molar-refractivity contribution >= 4 is 28.5 Å². The number of esters is 1. The molecule has 0 unspecified atom stereocenters. The molecule has 0 aliphatic rings. The number of nitrogens with zero attached hydrogens (tertiary/aromatic N) is 3. The lowest BCUT2D eigenvalue weighted by molar-refractivity contribution is -0.0512. The summed E-state index contributed by atoms with van der Waals surface area (Å²) in [6.45, 7) is -3.25. The number of fused-ring (bicyclic) bond motifs is 1. The van der Waals surface area contributed by atoms with Gasteiger partial charge in [-0.1, -0.05) is 16.8 Å². The lowest BCUT2D eigenvalue weighted by Gasteiger charge is -2.10. The number of alkyl halides is 2. The van der Waals surface area contributed by atoms with E-state index >= 15 is 0 Å². The van der Waals surface area contributed by atoms with E-state index in [0.717, 1.165) is 5.39 Å². The maximum Gasteiger partial charge on any atom is 0.387 e. The highest BCUT2D eigenvalue weighted by atomic mass is 35.5. The lowest BCUT2D eigenvalue weighted by atomic mass is 10.1. The van der Waals surface area contributed by atoms with Gasteiger partial charge >= 0.3 is 12.6 Å². The molecule has 164 valence electrons. The van der Waals surface area contributed by atoms with Gasteiger partial charge in [0.05, 0.1) is 18.2 Å². The Balaban J connectivity index is 1.44. The molecule has 0 atom stereocenters. The molecule has 0 N–H and O–H groups in total. The Labute approximate surface area is 184 Å². The minimum Gasteiger partial charge on any atom is -0.493 e. The fourth-order valence-electron chi connectivity index (χ4n) is 2.87. The van der Waals surface area contributed by atoms with Gasteiger partial charge in [0.25, 0.3) is 5.89 Å². The SMILES string of the molecule is COc1cc(-c2noc(COC(=O)c3ccc4nc(Cl)ccc4c3)n2)ccc1OC(F)F. The first-order valence-corrected chi connectivity index (χ1v) is 9.50. The minimum absolute atomic E-state index is 0.0504. The Morgan fingerprint density at radius 3 is 2.72 bits per heavy atom. The summed E-state index contributed by atoms with van der Waals surface area (Å²) >= 11 is 5.86. The number of aromatic nitrogens is 3. The van der Waals surface area contributed by atoms with Gasteiger partial charge in [0.2, 0.25) is 5.82 Å². The van der Waals surface area contributed by atoms with Gasteiger partial charge in [-0.25, -0.2) is 9.78 Å². The second kappa shape index (κ2) is 9.15. The molecule has 2 aromatic heterocycles. The summed E-state index contributed by atoms with van der Waals surface area (Å²) in [5.74, 6) is -0.428. The van der Waals surface area contributed by atoms with Crippen LogP contribution in [0.4, 0.5) is 8.78 Å². The fraction of sp³-hybridized carbons (Fsp3) is 0.143. The summed E-state index contributed by atoms with van der Waals surface area (Å²) in [5.41, 5.74) is 1.40. The molecule has 32 heavy (non-hydrogen) atoms. The van der Waals surface area contributed by atoms with Gasteiger partial charge < -0.3 is 18.7 Å². The average Bonchev–Trinajstić information content (AvgIpc) is 3.26. The number of ether oxygens (including phenoxy) is 3. The number of rotatable bonds is 7. The van der Waals surface area contributed by atoms with Crippen LogP contribution in [0.1, 0.15) is 16.2 Å². The van der Waals surface area contributed by atoms with Gasteiger partial charge in [0.15, 0.2) is 18.1 Å². The third-order valence-electron chi connectivity index (χ3n) is 4.32. The molecule has 0 aliphatic carbocycles. The van der Waals surface area contributed by atoms with Crippen LogP contribution >= 0.6 is 11.6 Å². The van der Waals surface area contributed by atoms with Crippen molar-refractivity contribution in [1.82, 2.24) is 15.1 Å². The van der Waals surface area contributed by atoms with Gasteiger partial charge in [-0.2, -0.15) is 13.8 Å². The van der Waals surface area contributed by atoms with E-state index < -0.39 is 12.6 Å². The van der Waals surface area contributed by atoms with Gasteiger partial charge in [-0.05, 0) is 48.5 Å². The first-order valence-electron chi connectivity index (χ1n) is 9.12. The second-order valence-electron chi connectivity index (χ2n) is 6.37. The van der Waals surface area contributed by atoms with E-state index in [2.05, 4.69) is 19.9 Å². The van der Waals surface area contributed by atoms with Crippen LogP contribution in [0.3, 0.4) is 0 Å². The minimum atomic E-state index is -2.99. The zero-order valence-electron chi connectivity index (χ0n) is 16.4. The van der Waals surface area contributed by atoms with Crippen molar-refractivity contribution in [3.05, 3.63) is 65.1 Å². The Hall–Kier alpha value is -3.79. The highest BCUT2D eigenvalue weighted by molar-refractivity contribution is 6.29. The predicted octanol–water partition coefficient (Wildman–Crippen LogP) is 4.91. The molecule has 2 heterocycles. The van der Waals surface area contributed by atoms with Crippen molar-refractivity contribution in [1.29, 1.82) is 0 Å². The third-order valence-corrected chi connectivity index (χ3v) is 4.53. The predicted molar refractivity (Wildman–Crippen MR) is 109 cm³/mol. The number of pyridine rings is 1. The highest BCUT2D eigenvalue weighted by Crippen LogP contribution is 2.32. The van der Waals surface area contributed by atoms with E-state index in [1.54, 1.807) is 30.3 Å². The van der Waals surface area contributed by atoms with E-state index in [9.17, 15) is 13.6 Å². The zero-order chi connectivity index (χ0) is 22.7. The van der Waals surface area contributed by atoms with Crippen LogP contribution in [0.15, 0.2) is 53.1 Å². The molecule has 0 amide bonds. The van der Waals surface area contributed by atoms with Crippen molar-refractivity contribution in [2.24, 2.45) is 0 Å². The molecule has 4 aromatic rings. The highest BCUT2D eigenvalue weighted by Gasteiger charge is 2.16. The quantitative estimate of drug-likeness (QED) is 0.283. The Bertz CT molecular complexity index is 1280. The average molecular weight is 462 g/mol. The lowest BCUT2D eigenvalue weighted by Crippen LogP contribution is -2.05. The summed E-state index contributed by atoms with van der Waals surface area (Å²) in [6.07, 6.45) is 0. The standard InChI is InChI=1S/C21H14ClF2N3O5/c1-29-16-9-12(3-6-15(16)31-21(23)24)19-26-18(32-27-19)10-30-20(28)13-2-5-14-11(8-13)4-7-17(22)25-14/h2-9,21H,10H2,1H3. The summed E-state index contributed by atoms with van der Waals surface area (Å²) in [4.78, 5) is 20.7. The van der Waals surface area contributed by atoms with Crippen LogP contribution < -0.4 is 9.47 Å².